The number of esters is 1. The average Bonchev–Trinajstić information content (AvgIpc) is 2.30. The topological polar surface area (TPSA) is 38.3 Å². The van der Waals surface area contributed by atoms with Gasteiger partial charge >= 0.3 is 5.97 Å². The molecular weight excluding hydrogens is 221 g/mol. The molecule has 17 heavy (non-hydrogen) atoms. The van der Waals surface area contributed by atoms with Crippen molar-refractivity contribution in [2.24, 2.45) is 5.92 Å². The van der Waals surface area contributed by atoms with Crippen molar-refractivity contribution in [2.45, 2.75) is 19.3 Å². The van der Waals surface area contributed by atoms with E-state index >= 15 is 0 Å². The number of nitrogens with one attached hydrogen (secondary N) is 1. The summed E-state index contributed by atoms with van der Waals surface area (Å²) in [5.41, 5.74) is 0. The van der Waals surface area contributed by atoms with Crippen LogP contribution in [0.4, 0.5) is 4.39 Å². The van der Waals surface area contributed by atoms with E-state index < -0.39 is 5.82 Å². The molecule has 0 bridgehead atoms. The molecule has 4 heteroatoms. The Morgan fingerprint density at radius 2 is 2.41 bits per heavy atom. The molecule has 1 atom stereocenters. The van der Waals surface area contributed by atoms with E-state index in [9.17, 15) is 9.18 Å². The van der Waals surface area contributed by atoms with E-state index in [1.807, 2.05) is 0 Å². The summed E-state index contributed by atoms with van der Waals surface area (Å²) in [6, 6.07) is 5.65. The van der Waals surface area contributed by atoms with Crippen LogP contribution in [0.2, 0.25) is 0 Å². The van der Waals surface area contributed by atoms with Crippen LogP contribution in [-0.2, 0) is 4.79 Å². The van der Waals surface area contributed by atoms with E-state index in [0.717, 1.165) is 25.9 Å². The van der Waals surface area contributed by atoms with Gasteiger partial charge in [0, 0.05) is 12.5 Å². The van der Waals surface area contributed by atoms with E-state index in [-0.39, 0.29) is 11.7 Å². The highest BCUT2D eigenvalue weighted by Gasteiger charge is 2.18. The quantitative estimate of drug-likeness (QED) is 0.646. The highest BCUT2D eigenvalue weighted by molar-refractivity contribution is 5.72. The first-order valence-corrected chi connectivity index (χ1v) is 5.91. The second kappa shape index (κ2) is 5.77. The van der Waals surface area contributed by atoms with Gasteiger partial charge in [0.2, 0.25) is 0 Å². The minimum atomic E-state index is -0.394. The maximum absolute atomic E-state index is 12.9. The largest absolute Gasteiger partial charge is 0.426 e. The predicted octanol–water partition coefficient (Wildman–Crippen LogP) is 2.12. The second-order valence-electron chi connectivity index (χ2n) is 4.35. The molecule has 1 aliphatic heterocycles. The molecule has 2 rings (SSSR count). The molecule has 3 nitrogen and oxygen atoms in total. The highest BCUT2D eigenvalue weighted by atomic mass is 19.1. The number of hydrogen-bond donors (Lipinski definition) is 1. The molecule has 1 aromatic rings. The number of ether oxygens (including phenoxy) is 1. The Morgan fingerprint density at radius 1 is 1.53 bits per heavy atom. The van der Waals surface area contributed by atoms with E-state index in [1.165, 1.54) is 18.2 Å². The van der Waals surface area contributed by atoms with Gasteiger partial charge in [0.25, 0.3) is 0 Å². The molecule has 1 aromatic carbocycles. The SMILES string of the molecule is O=C(CC1CCCNC1)Oc1cccc(F)c1. The summed E-state index contributed by atoms with van der Waals surface area (Å²) >= 11 is 0. The lowest BCUT2D eigenvalue weighted by Crippen LogP contribution is -2.31. The third-order valence-electron chi connectivity index (χ3n) is 2.88. The molecule has 0 aliphatic carbocycles. The van der Waals surface area contributed by atoms with Crippen LogP contribution < -0.4 is 10.1 Å². The van der Waals surface area contributed by atoms with Crippen LogP contribution in [0.25, 0.3) is 0 Å². The summed E-state index contributed by atoms with van der Waals surface area (Å²) in [5.74, 6) is -0.0671. The van der Waals surface area contributed by atoms with E-state index in [1.54, 1.807) is 6.07 Å². The van der Waals surface area contributed by atoms with Crippen LogP contribution in [-0.4, -0.2) is 19.1 Å². The van der Waals surface area contributed by atoms with Crippen LogP contribution in [0.1, 0.15) is 19.3 Å². The zero-order chi connectivity index (χ0) is 12.1. The Balaban J connectivity index is 1.84. The Hall–Kier alpha value is -1.42. The first kappa shape index (κ1) is 12.0. The van der Waals surface area contributed by atoms with Gasteiger partial charge in [0.15, 0.2) is 0 Å². The van der Waals surface area contributed by atoms with Crippen LogP contribution >= 0.6 is 0 Å². The Labute approximate surface area is 100.0 Å². The summed E-state index contributed by atoms with van der Waals surface area (Å²) in [6.45, 7) is 1.88. The fourth-order valence-electron chi connectivity index (χ4n) is 2.04. The summed E-state index contributed by atoms with van der Waals surface area (Å²) in [6.07, 6.45) is 2.53. The molecule has 1 heterocycles. The van der Waals surface area contributed by atoms with Gasteiger partial charge in [-0.25, -0.2) is 4.39 Å². The fraction of sp³-hybridized carbons (Fsp3) is 0.462. The minimum absolute atomic E-state index is 0.277. The Bertz CT molecular complexity index is 389. The second-order valence-corrected chi connectivity index (χ2v) is 4.35. The van der Waals surface area contributed by atoms with Gasteiger partial charge in [-0.05, 0) is 44.0 Å². The number of piperidine rings is 1. The van der Waals surface area contributed by atoms with Crippen molar-refractivity contribution in [3.63, 3.8) is 0 Å². The third-order valence-corrected chi connectivity index (χ3v) is 2.88. The Morgan fingerprint density at radius 3 is 3.12 bits per heavy atom. The number of carbonyl (C=O) groups is 1. The van der Waals surface area contributed by atoms with Crippen molar-refractivity contribution in [3.8, 4) is 5.75 Å². The summed E-state index contributed by atoms with van der Waals surface area (Å²) < 4.78 is 18.0. The molecule has 0 spiro atoms. The summed E-state index contributed by atoms with van der Waals surface area (Å²) in [4.78, 5) is 11.6. The first-order chi connectivity index (χ1) is 8.24. The van der Waals surface area contributed by atoms with Crippen molar-refractivity contribution in [1.29, 1.82) is 0 Å². The monoisotopic (exact) mass is 237 g/mol. The predicted molar refractivity (Wildman–Crippen MR) is 62.2 cm³/mol. The van der Waals surface area contributed by atoms with E-state index in [4.69, 9.17) is 4.74 Å². The summed E-state index contributed by atoms with van der Waals surface area (Å²) in [7, 11) is 0. The van der Waals surface area contributed by atoms with Crippen LogP contribution in [0.15, 0.2) is 24.3 Å². The lowest BCUT2D eigenvalue weighted by Gasteiger charge is -2.21. The normalized spacial score (nSPS) is 19.9. The van der Waals surface area contributed by atoms with Gasteiger partial charge < -0.3 is 10.1 Å². The molecule has 0 radical (unpaired) electrons. The fourth-order valence-corrected chi connectivity index (χ4v) is 2.04. The molecule has 0 amide bonds. The number of hydrogen-bond acceptors (Lipinski definition) is 3. The van der Waals surface area contributed by atoms with Crippen molar-refractivity contribution < 1.29 is 13.9 Å². The molecule has 0 aromatic heterocycles. The molecule has 1 saturated heterocycles. The maximum Gasteiger partial charge on any atom is 0.311 e. The lowest BCUT2D eigenvalue weighted by molar-refractivity contribution is -0.135. The van der Waals surface area contributed by atoms with Gasteiger partial charge in [-0.3, -0.25) is 4.79 Å². The number of rotatable bonds is 3. The van der Waals surface area contributed by atoms with Gasteiger partial charge in [-0.1, -0.05) is 6.07 Å². The smallest absolute Gasteiger partial charge is 0.311 e. The molecular formula is C13H16FNO2. The number of benzene rings is 1. The van der Waals surface area contributed by atoms with Crippen molar-refractivity contribution in [1.82, 2.24) is 5.32 Å². The Kier molecular flexibility index (Phi) is 4.09. The average molecular weight is 237 g/mol. The van der Waals surface area contributed by atoms with E-state index in [0.29, 0.717) is 12.3 Å². The van der Waals surface area contributed by atoms with Crippen molar-refractivity contribution in [2.75, 3.05) is 13.1 Å². The van der Waals surface area contributed by atoms with Gasteiger partial charge in [-0.15, -0.1) is 0 Å². The molecule has 1 unspecified atom stereocenters. The first-order valence-electron chi connectivity index (χ1n) is 5.91. The standard InChI is InChI=1S/C13H16FNO2/c14-11-4-1-5-12(8-11)17-13(16)7-10-3-2-6-15-9-10/h1,4-5,8,10,15H,2-3,6-7,9H2. The lowest BCUT2D eigenvalue weighted by atomic mass is 9.96. The zero-order valence-corrected chi connectivity index (χ0v) is 9.62. The van der Waals surface area contributed by atoms with Gasteiger partial charge in [0.1, 0.15) is 11.6 Å². The van der Waals surface area contributed by atoms with Crippen molar-refractivity contribution in [3.05, 3.63) is 30.1 Å². The van der Waals surface area contributed by atoms with Crippen LogP contribution in [0.3, 0.4) is 0 Å². The molecule has 1 aliphatic rings. The highest BCUT2D eigenvalue weighted by Crippen LogP contribution is 2.17. The van der Waals surface area contributed by atoms with Crippen LogP contribution in [0, 0.1) is 11.7 Å². The molecule has 0 saturated carbocycles. The molecule has 92 valence electrons. The molecule has 1 fully saturated rings. The number of carbonyl (C=O) groups excluding carboxylic acids is 1. The van der Waals surface area contributed by atoms with Gasteiger partial charge in [0.05, 0.1) is 0 Å². The zero-order valence-electron chi connectivity index (χ0n) is 9.62. The van der Waals surface area contributed by atoms with Crippen molar-refractivity contribution >= 4 is 5.97 Å². The number of halogens is 1. The minimum Gasteiger partial charge on any atom is -0.426 e. The molecule has 1 N–H and O–H groups in total. The van der Waals surface area contributed by atoms with Crippen LogP contribution in [0.5, 0.6) is 5.75 Å². The van der Waals surface area contributed by atoms with E-state index in [2.05, 4.69) is 5.32 Å². The van der Waals surface area contributed by atoms with Gasteiger partial charge in [-0.2, -0.15) is 0 Å². The third kappa shape index (κ3) is 3.82. The maximum atomic E-state index is 12.9. The summed E-state index contributed by atoms with van der Waals surface area (Å²) in [5, 5.41) is 3.25.